The number of benzene rings is 2. The van der Waals surface area contributed by atoms with E-state index in [0.717, 1.165) is 42.9 Å². The quantitative estimate of drug-likeness (QED) is 0.651. The van der Waals surface area contributed by atoms with Crippen LogP contribution in [0.1, 0.15) is 35.6 Å². The Balaban J connectivity index is 1.31. The fraction of sp³-hybridized carbons (Fsp3) is 0.321. The lowest BCUT2D eigenvalue weighted by Crippen LogP contribution is -2.47. The van der Waals surface area contributed by atoms with Crippen molar-refractivity contribution >= 4 is 0 Å². The van der Waals surface area contributed by atoms with Crippen molar-refractivity contribution in [2.24, 2.45) is 5.92 Å². The van der Waals surface area contributed by atoms with Gasteiger partial charge >= 0.3 is 0 Å². The first kappa shape index (κ1) is 20.8. The summed E-state index contributed by atoms with van der Waals surface area (Å²) >= 11 is 0. The third-order valence-electron chi connectivity index (χ3n) is 6.83. The van der Waals surface area contributed by atoms with Crippen LogP contribution < -0.4 is 5.56 Å². The third kappa shape index (κ3) is 4.02. The SMILES string of the molecule is O=c1cccc2n1C[C@@H]1C[C@H]2CN(CC#CCC(O)(c2ccccc2)c2ccccc2)C1. The second kappa shape index (κ2) is 8.78. The lowest BCUT2D eigenvalue weighted by molar-refractivity contribution is 0.0864. The predicted octanol–water partition coefficient (Wildman–Crippen LogP) is 3.60. The molecule has 2 aliphatic rings. The highest BCUT2D eigenvalue weighted by Gasteiger charge is 2.34. The number of likely N-dealkylation sites (tertiary alicyclic amines) is 1. The number of hydrogen-bond donors (Lipinski definition) is 1. The molecule has 0 aliphatic carbocycles. The fourth-order valence-corrected chi connectivity index (χ4v) is 5.28. The molecule has 1 saturated heterocycles. The Bertz CT molecular complexity index is 1150. The maximum atomic E-state index is 12.2. The van der Waals surface area contributed by atoms with Crippen molar-refractivity contribution < 1.29 is 5.11 Å². The van der Waals surface area contributed by atoms with Gasteiger partial charge in [0.1, 0.15) is 5.60 Å². The molecular weight excluding hydrogens is 396 g/mol. The highest BCUT2D eigenvalue weighted by Crippen LogP contribution is 2.35. The lowest BCUT2D eigenvalue weighted by Gasteiger charge is -2.42. The average Bonchev–Trinajstić information content (AvgIpc) is 2.83. The number of rotatable bonds is 4. The Hall–Kier alpha value is -3.13. The molecule has 2 atom stereocenters. The van der Waals surface area contributed by atoms with E-state index >= 15 is 0 Å². The maximum Gasteiger partial charge on any atom is 0.250 e. The molecule has 2 aromatic carbocycles. The van der Waals surface area contributed by atoms with Gasteiger partial charge in [-0.3, -0.25) is 9.69 Å². The molecule has 4 nitrogen and oxygen atoms in total. The normalized spacial score (nSPS) is 20.2. The Morgan fingerprint density at radius 3 is 2.22 bits per heavy atom. The maximum absolute atomic E-state index is 12.2. The highest BCUT2D eigenvalue weighted by molar-refractivity contribution is 5.37. The summed E-state index contributed by atoms with van der Waals surface area (Å²) < 4.78 is 1.96. The van der Waals surface area contributed by atoms with Crippen molar-refractivity contribution in [3.63, 3.8) is 0 Å². The summed E-state index contributed by atoms with van der Waals surface area (Å²) in [6.07, 6.45) is 1.50. The second-order valence-electron chi connectivity index (χ2n) is 9.01. The number of aromatic nitrogens is 1. The Morgan fingerprint density at radius 1 is 0.844 bits per heavy atom. The van der Waals surface area contributed by atoms with Crippen LogP contribution in [-0.4, -0.2) is 34.2 Å². The minimum absolute atomic E-state index is 0.117. The van der Waals surface area contributed by atoms with Gasteiger partial charge in [-0.15, -0.1) is 0 Å². The van der Waals surface area contributed by atoms with Crippen LogP contribution in [0.15, 0.2) is 83.7 Å². The van der Waals surface area contributed by atoms with E-state index in [2.05, 4.69) is 22.8 Å². The van der Waals surface area contributed by atoms with E-state index in [1.807, 2.05) is 71.3 Å². The van der Waals surface area contributed by atoms with E-state index in [4.69, 9.17) is 0 Å². The molecule has 0 amide bonds. The van der Waals surface area contributed by atoms with Gasteiger partial charge in [-0.05, 0) is 29.5 Å². The standard InChI is InChI=1S/C28H28N2O2/c31-27-15-9-14-26-23-18-22(20-30(26)27)19-29(21-23)17-8-7-16-28(32,24-10-3-1-4-11-24)25-12-5-2-6-13-25/h1-6,9-15,22-23,32H,16-21H2/t22-,23+/m1/s1. The van der Waals surface area contributed by atoms with Gasteiger partial charge < -0.3 is 9.67 Å². The monoisotopic (exact) mass is 424 g/mol. The van der Waals surface area contributed by atoms with Crippen molar-refractivity contribution in [2.75, 3.05) is 19.6 Å². The van der Waals surface area contributed by atoms with Crippen LogP contribution in [0, 0.1) is 17.8 Å². The molecule has 0 unspecified atom stereocenters. The van der Waals surface area contributed by atoms with Gasteiger partial charge in [0.2, 0.25) is 0 Å². The summed E-state index contributed by atoms with van der Waals surface area (Å²) in [6, 6.07) is 25.2. The number of piperidine rings is 1. The number of fused-ring (bicyclic) bond motifs is 4. The largest absolute Gasteiger partial charge is 0.379 e. The highest BCUT2D eigenvalue weighted by atomic mass is 16.3. The summed E-state index contributed by atoms with van der Waals surface area (Å²) in [4.78, 5) is 14.6. The molecule has 1 fully saturated rings. The zero-order valence-electron chi connectivity index (χ0n) is 18.2. The minimum Gasteiger partial charge on any atom is -0.379 e. The van der Waals surface area contributed by atoms with E-state index in [0.29, 0.717) is 24.8 Å². The fourth-order valence-electron chi connectivity index (χ4n) is 5.28. The molecule has 5 rings (SSSR count). The summed E-state index contributed by atoms with van der Waals surface area (Å²) in [5.41, 5.74) is 1.86. The van der Waals surface area contributed by atoms with E-state index in [1.54, 1.807) is 6.07 Å². The van der Waals surface area contributed by atoms with Crippen molar-refractivity contribution in [1.82, 2.24) is 9.47 Å². The second-order valence-corrected chi connectivity index (χ2v) is 9.01. The van der Waals surface area contributed by atoms with Crippen LogP contribution in [0.2, 0.25) is 0 Å². The van der Waals surface area contributed by atoms with Gasteiger partial charge in [-0.1, -0.05) is 78.6 Å². The summed E-state index contributed by atoms with van der Waals surface area (Å²) in [5.74, 6) is 7.48. The van der Waals surface area contributed by atoms with Gasteiger partial charge in [0.05, 0.1) is 6.54 Å². The van der Waals surface area contributed by atoms with Crippen LogP contribution in [-0.2, 0) is 12.1 Å². The molecule has 1 aromatic heterocycles. The summed E-state index contributed by atoms with van der Waals surface area (Å²) in [6.45, 7) is 3.38. The first-order valence-corrected chi connectivity index (χ1v) is 11.3. The first-order valence-electron chi connectivity index (χ1n) is 11.3. The van der Waals surface area contributed by atoms with Crippen molar-refractivity contribution in [2.45, 2.75) is 30.9 Å². The molecule has 162 valence electrons. The molecule has 0 radical (unpaired) electrons. The molecule has 4 heteroatoms. The van der Waals surface area contributed by atoms with Crippen molar-refractivity contribution in [3.8, 4) is 11.8 Å². The van der Waals surface area contributed by atoms with E-state index in [9.17, 15) is 9.90 Å². The van der Waals surface area contributed by atoms with Gasteiger partial charge in [-0.2, -0.15) is 0 Å². The first-order chi connectivity index (χ1) is 15.6. The smallest absolute Gasteiger partial charge is 0.250 e. The number of pyridine rings is 1. The van der Waals surface area contributed by atoms with Gasteiger partial charge in [-0.25, -0.2) is 0 Å². The number of nitrogens with zero attached hydrogens (tertiary/aromatic N) is 2. The molecule has 2 bridgehead atoms. The number of hydrogen-bond acceptors (Lipinski definition) is 3. The van der Waals surface area contributed by atoms with Crippen LogP contribution in [0.5, 0.6) is 0 Å². The molecule has 2 aliphatic heterocycles. The molecule has 0 spiro atoms. The molecule has 1 N–H and O–H groups in total. The van der Waals surface area contributed by atoms with Crippen LogP contribution >= 0.6 is 0 Å². The molecule has 3 heterocycles. The van der Waals surface area contributed by atoms with E-state index in [1.165, 1.54) is 0 Å². The Morgan fingerprint density at radius 2 is 1.53 bits per heavy atom. The van der Waals surface area contributed by atoms with E-state index in [-0.39, 0.29) is 5.56 Å². The van der Waals surface area contributed by atoms with Gasteiger partial charge in [0.15, 0.2) is 0 Å². The van der Waals surface area contributed by atoms with Crippen molar-refractivity contribution in [1.29, 1.82) is 0 Å². The lowest BCUT2D eigenvalue weighted by atomic mass is 9.83. The Labute approximate surface area is 189 Å². The van der Waals surface area contributed by atoms with Crippen LogP contribution in [0.25, 0.3) is 0 Å². The molecule has 32 heavy (non-hydrogen) atoms. The topological polar surface area (TPSA) is 45.5 Å². The third-order valence-corrected chi connectivity index (χ3v) is 6.83. The average molecular weight is 425 g/mol. The number of aliphatic hydroxyl groups is 1. The van der Waals surface area contributed by atoms with Gasteiger partial charge in [0, 0.05) is 43.7 Å². The molecule has 3 aromatic rings. The van der Waals surface area contributed by atoms with Crippen molar-refractivity contribution in [3.05, 3.63) is 106 Å². The molecule has 0 saturated carbocycles. The predicted molar refractivity (Wildman–Crippen MR) is 126 cm³/mol. The molecular formula is C28H28N2O2. The van der Waals surface area contributed by atoms with Crippen LogP contribution in [0.4, 0.5) is 0 Å². The summed E-state index contributed by atoms with van der Waals surface area (Å²) in [5, 5.41) is 11.6. The summed E-state index contributed by atoms with van der Waals surface area (Å²) in [7, 11) is 0. The van der Waals surface area contributed by atoms with Crippen LogP contribution in [0.3, 0.4) is 0 Å². The minimum atomic E-state index is -1.13. The van der Waals surface area contributed by atoms with Gasteiger partial charge in [0.25, 0.3) is 5.56 Å². The van der Waals surface area contributed by atoms with E-state index < -0.39 is 5.60 Å². The Kier molecular flexibility index (Phi) is 5.70. The zero-order valence-corrected chi connectivity index (χ0v) is 18.2. The zero-order chi connectivity index (χ0) is 22.0.